The fraction of sp³-hybridized carbons (Fsp3) is 0.0952. The number of hydrogen-bond acceptors (Lipinski definition) is 4. The van der Waals surface area contributed by atoms with Gasteiger partial charge in [0, 0.05) is 11.1 Å². The fourth-order valence-electron chi connectivity index (χ4n) is 2.77. The number of fused-ring (bicyclic) bond motifs is 1. The number of aromatic amines is 1. The van der Waals surface area contributed by atoms with Crippen LogP contribution in [0, 0.1) is 13.8 Å². The van der Waals surface area contributed by atoms with Crippen molar-refractivity contribution in [3.8, 4) is 11.4 Å². The fourth-order valence-corrected chi connectivity index (χ4v) is 2.77. The van der Waals surface area contributed by atoms with Gasteiger partial charge in [-0.15, -0.1) is 0 Å². The second kappa shape index (κ2) is 6.92. The first kappa shape index (κ1) is 16.8. The molecule has 0 aliphatic carbocycles. The number of hydrazone groups is 1. The summed E-state index contributed by atoms with van der Waals surface area (Å²) in [4.78, 5) is 20.1. The number of rotatable bonds is 4. The number of furan rings is 1. The average molecular weight is 358 g/mol. The van der Waals surface area contributed by atoms with Crippen molar-refractivity contribution >= 4 is 23.2 Å². The standard InChI is InChI=1S/C21H18N4O2/c1-13-10-18-19(11-14(13)2)24-20(23-18)15-5-7-16(8-6-15)21(26)25-22-12-17-4-3-9-27-17/h3-12H,1-2H3,(H,23,24)(H,25,26)/b22-12+. The quantitative estimate of drug-likeness (QED) is 0.423. The van der Waals surface area contributed by atoms with Crippen molar-refractivity contribution in [2.45, 2.75) is 13.8 Å². The number of imidazole rings is 1. The number of carbonyl (C=O) groups is 1. The van der Waals surface area contributed by atoms with Crippen molar-refractivity contribution in [2.75, 3.05) is 0 Å². The maximum absolute atomic E-state index is 12.2. The molecule has 0 bridgehead atoms. The number of H-pyrrole nitrogens is 1. The number of amides is 1. The molecule has 0 saturated heterocycles. The first-order valence-corrected chi connectivity index (χ1v) is 8.54. The number of nitrogens with one attached hydrogen (secondary N) is 2. The lowest BCUT2D eigenvalue weighted by molar-refractivity contribution is 0.0955. The third kappa shape index (κ3) is 3.50. The molecule has 0 atom stereocenters. The van der Waals surface area contributed by atoms with Crippen LogP contribution in [0.3, 0.4) is 0 Å². The van der Waals surface area contributed by atoms with Crippen molar-refractivity contribution in [1.82, 2.24) is 15.4 Å². The zero-order chi connectivity index (χ0) is 18.8. The zero-order valence-electron chi connectivity index (χ0n) is 15.0. The van der Waals surface area contributed by atoms with Gasteiger partial charge in [-0.05, 0) is 61.4 Å². The van der Waals surface area contributed by atoms with Crippen molar-refractivity contribution < 1.29 is 9.21 Å². The van der Waals surface area contributed by atoms with Gasteiger partial charge in [0.15, 0.2) is 0 Å². The molecule has 2 heterocycles. The summed E-state index contributed by atoms with van der Waals surface area (Å²) < 4.78 is 5.11. The van der Waals surface area contributed by atoms with Gasteiger partial charge in [0.25, 0.3) is 5.91 Å². The highest BCUT2D eigenvalue weighted by Crippen LogP contribution is 2.23. The Morgan fingerprint density at radius 3 is 2.67 bits per heavy atom. The number of benzene rings is 2. The van der Waals surface area contributed by atoms with E-state index in [1.54, 1.807) is 30.5 Å². The van der Waals surface area contributed by atoms with Crippen molar-refractivity contribution in [2.24, 2.45) is 5.10 Å². The molecule has 0 saturated carbocycles. The number of nitrogens with zero attached hydrogens (tertiary/aromatic N) is 2. The van der Waals surface area contributed by atoms with E-state index in [1.807, 2.05) is 12.1 Å². The lowest BCUT2D eigenvalue weighted by atomic mass is 10.1. The Balaban J connectivity index is 1.51. The molecule has 2 aromatic heterocycles. The Morgan fingerprint density at radius 2 is 1.93 bits per heavy atom. The van der Waals surface area contributed by atoms with Crippen LogP contribution in [0.5, 0.6) is 0 Å². The van der Waals surface area contributed by atoms with Gasteiger partial charge in [0.2, 0.25) is 0 Å². The summed E-state index contributed by atoms with van der Waals surface area (Å²) in [5.74, 6) is 1.05. The number of hydrogen-bond donors (Lipinski definition) is 2. The predicted octanol–water partition coefficient (Wildman–Crippen LogP) is 4.20. The number of aryl methyl sites for hydroxylation is 2. The second-order valence-corrected chi connectivity index (χ2v) is 6.33. The molecular formula is C21H18N4O2. The molecule has 0 fully saturated rings. The van der Waals surface area contributed by atoms with E-state index in [0.717, 1.165) is 22.4 Å². The summed E-state index contributed by atoms with van der Waals surface area (Å²) in [7, 11) is 0. The highest BCUT2D eigenvalue weighted by atomic mass is 16.3. The van der Waals surface area contributed by atoms with E-state index in [-0.39, 0.29) is 5.91 Å². The third-order valence-electron chi connectivity index (χ3n) is 4.42. The van der Waals surface area contributed by atoms with E-state index in [4.69, 9.17) is 4.42 Å². The van der Waals surface area contributed by atoms with Crippen LogP contribution in [0.1, 0.15) is 27.2 Å². The third-order valence-corrected chi connectivity index (χ3v) is 4.42. The van der Waals surface area contributed by atoms with E-state index in [0.29, 0.717) is 11.3 Å². The second-order valence-electron chi connectivity index (χ2n) is 6.33. The summed E-state index contributed by atoms with van der Waals surface area (Å²) in [5, 5.41) is 3.88. The monoisotopic (exact) mass is 358 g/mol. The normalized spacial score (nSPS) is 11.3. The van der Waals surface area contributed by atoms with Crippen molar-refractivity contribution in [3.63, 3.8) is 0 Å². The molecule has 1 amide bonds. The summed E-state index contributed by atoms with van der Waals surface area (Å²) >= 11 is 0. The molecule has 6 heteroatoms. The molecular weight excluding hydrogens is 340 g/mol. The number of carbonyl (C=O) groups excluding carboxylic acids is 1. The first-order chi connectivity index (χ1) is 13.1. The summed E-state index contributed by atoms with van der Waals surface area (Å²) in [5.41, 5.74) is 8.27. The number of aromatic nitrogens is 2. The Bertz CT molecular complexity index is 1080. The Hall–Kier alpha value is -3.67. The molecule has 0 aliphatic heterocycles. The van der Waals surface area contributed by atoms with Gasteiger partial charge in [-0.2, -0.15) is 5.10 Å². The maximum Gasteiger partial charge on any atom is 0.271 e. The largest absolute Gasteiger partial charge is 0.463 e. The van der Waals surface area contributed by atoms with Crippen LogP contribution in [0.4, 0.5) is 0 Å². The van der Waals surface area contributed by atoms with E-state index < -0.39 is 0 Å². The van der Waals surface area contributed by atoms with Crippen LogP contribution >= 0.6 is 0 Å². The van der Waals surface area contributed by atoms with Gasteiger partial charge in [0.05, 0.1) is 23.5 Å². The minimum absolute atomic E-state index is 0.291. The van der Waals surface area contributed by atoms with Crippen LogP contribution in [-0.4, -0.2) is 22.1 Å². The molecule has 27 heavy (non-hydrogen) atoms. The highest BCUT2D eigenvalue weighted by molar-refractivity contribution is 5.95. The van der Waals surface area contributed by atoms with Gasteiger partial charge in [0.1, 0.15) is 11.6 Å². The molecule has 0 aliphatic rings. The van der Waals surface area contributed by atoms with Gasteiger partial charge in [-0.1, -0.05) is 12.1 Å². The van der Waals surface area contributed by atoms with Crippen LogP contribution in [-0.2, 0) is 0 Å². The van der Waals surface area contributed by atoms with E-state index in [2.05, 4.69) is 46.5 Å². The van der Waals surface area contributed by atoms with Crippen LogP contribution in [0.15, 0.2) is 64.3 Å². The lowest BCUT2D eigenvalue weighted by Crippen LogP contribution is -2.17. The molecule has 0 radical (unpaired) electrons. The summed E-state index contributed by atoms with van der Waals surface area (Å²) in [6, 6.07) is 14.9. The van der Waals surface area contributed by atoms with Crippen molar-refractivity contribution in [1.29, 1.82) is 0 Å². The zero-order valence-corrected chi connectivity index (χ0v) is 15.0. The first-order valence-electron chi connectivity index (χ1n) is 8.54. The van der Waals surface area contributed by atoms with E-state index in [1.165, 1.54) is 17.3 Å². The van der Waals surface area contributed by atoms with Crippen molar-refractivity contribution in [3.05, 3.63) is 77.2 Å². The SMILES string of the molecule is Cc1cc2nc(-c3ccc(C(=O)N/N=C/c4ccco4)cc3)[nH]c2cc1C. The lowest BCUT2D eigenvalue weighted by Gasteiger charge is -2.01. The molecule has 4 rings (SSSR count). The Morgan fingerprint density at radius 1 is 1.15 bits per heavy atom. The van der Waals surface area contributed by atoms with Gasteiger partial charge in [-0.3, -0.25) is 4.79 Å². The van der Waals surface area contributed by atoms with E-state index in [9.17, 15) is 4.79 Å². The Labute approximate surface area is 155 Å². The van der Waals surface area contributed by atoms with Gasteiger partial charge in [-0.25, -0.2) is 10.4 Å². The Kier molecular flexibility index (Phi) is 4.30. The topological polar surface area (TPSA) is 83.3 Å². The molecule has 2 aromatic carbocycles. The van der Waals surface area contributed by atoms with E-state index >= 15 is 0 Å². The highest BCUT2D eigenvalue weighted by Gasteiger charge is 2.09. The summed E-state index contributed by atoms with van der Waals surface area (Å²) in [6.07, 6.45) is 2.99. The molecule has 0 unspecified atom stereocenters. The molecule has 2 N–H and O–H groups in total. The van der Waals surface area contributed by atoms with Crippen LogP contribution in [0.2, 0.25) is 0 Å². The smallest absolute Gasteiger partial charge is 0.271 e. The summed E-state index contributed by atoms with van der Waals surface area (Å²) in [6.45, 7) is 4.15. The van der Waals surface area contributed by atoms with Gasteiger partial charge < -0.3 is 9.40 Å². The minimum Gasteiger partial charge on any atom is -0.463 e. The average Bonchev–Trinajstić information content (AvgIpc) is 3.32. The maximum atomic E-state index is 12.2. The van der Waals surface area contributed by atoms with Crippen LogP contribution in [0.25, 0.3) is 22.4 Å². The predicted molar refractivity (Wildman–Crippen MR) is 105 cm³/mol. The van der Waals surface area contributed by atoms with Gasteiger partial charge >= 0.3 is 0 Å². The minimum atomic E-state index is -0.291. The molecule has 4 aromatic rings. The molecule has 0 spiro atoms. The molecule has 134 valence electrons. The van der Waals surface area contributed by atoms with Crippen LogP contribution < -0.4 is 5.43 Å². The molecule has 6 nitrogen and oxygen atoms in total.